The van der Waals surface area contributed by atoms with Crippen molar-refractivity contribution in [3.63, 3.8) is 0 Å². The fourth-order valence-electron chi connectivity index (χ4n) is 0.980. The molecular formula is C9H12ClNO. The van der Waals surface area contributed by atoms with Crippen LogP contribution in [0.25, 0.3) is 0 Å². The van der Waals surface area contributed by atoms with E-state index in [1.54, 1.807) is 12.3 Å². The van der Waals surface area contributed by atoms with Gasteiger partial charge in [-0.25, -0.2) is 0 Å². The van der Waals surface area contributed by atoms with E-state index < -0.39 is 0 Å². The van der Waals surface area contributed by atoms with E-state index in [9.17, 15) is 0 Å². The summed E-state index contributed by atoms with van der Waals surface area (Å²) < 4.78 is 5.31. The Bertz CT molecular complexity index is 263. The highest BCUT2D eigenvalue weighted by Gasteiger charge is 2.05. The molecule has 0 radical (unpaired) electrons. The summed E-state index contributed by atoms with van der Waals surface area (Å²) in [6.07, 6.45) is 2.55. The first-order valence-electron chi connectivity index (χ1n) is 4.05. The summed E-state index contributed by atoms with van der Waals surface area (Å²) in [5.41, 5.74) is 0.891. The molecule has 0 saturated carbocycles. The molecule has 3 heteroatoms. The third-order valence-electron chi connectivity index (χ3n) is 1.56. The molecule has 0 aromatic carbocycles. The zero-order chi connectivity index (χ0) is 8.97. The van der Waals surface area contributed by atoms with E-state index in [0.717, 1.165) is 17.9 Å². The van der Waals surface area contributed by atoms with Gasteiger partial charge >= 0.3 is 0 Å². The second-order valence-corrected chi connectivity index (χ2v) is 2.73. The number of nitrogens with zero attached hydrogens (tertiary/aromatic N) is 1. The highest BCUT2D eigenvalue weighted by molar-refractivity contribution is 6.32. The first kappa shape index (κ1) is 9.33. The van der Waals surface area contributed by atoms with Crippen LogP contribution in [0.4, 0.5) is 0 Å². The van der Waals surface area contributed by atoms with E-state index in [2.05, 4.69) is 4.98 Å². The summed E-state index contributed by atoms with van der Waals surface area (Å²) in [4.78, 5) is 4.13. The van der Waals surface area contributed by atoms with Crippen molar-refractivity contribution in [3.05, 3.63) is 23.0 Å². The molecule has 1 rings (SSSR count). The van der Waals surface area contributed by atoms with Crippen LogP contribution in [0.5, 0.6) is 5.75 Å². The van der Waals surface area contributed by atoms with Crippen molar-refractivity contribution in [2.45, 2.75) is 20.3 Å². The Kier molecular flexibility index (Phi) is 3.35. The van der Waals surface area contributed by atoms with Gasteiger partial charge in [0.05, 0.1) is 12.3 Å². The van der Waals surface area contributed by atoms with Crippen LogP contribution in [0, 0.1) is 0 Å². The van der Waals surface area contributed by atoms with Gasteiger partial charge in [-0.3, -0.25) is 4.98 Å². The standard InChI is InChI=1S/C9H12ClNO/c1-3-7-9(10)8(12-4-2)5-6-11-7/h5-6H,3-4H2,1-2H3. The van der Waals surface area contributed by atoms with E-state index in [1.165, 1.54) is 0 Å². The van der Waals surface area contributed by atoms with Crippen LogP contribution in [-0.2, 0) is 6.42 Å². The highest BCUT2D eigenvalue weighted by atomic mass is 35.5. The van der Waals surface area contributed by atoms with Gasteiger partial charge < -0.3 is 4.74 Å². The number of aromatic nitrogens is 1. The maximum Gasteiger partial charge on any atom is 0.141 e. The largest absolute Gasteiger partial charge is 0.492 e. The number of pyridine rings is 1. The molecule has 0 bridgehead atoms. The summed E-state index contributed by atoms with van der Waals surface area (Å²) in [6.45, 7) is 4.58. The first-order chi connectivity index (χ1) is 5.79. The number of halogens is 1. The van der Waals surface area contributed by atoms with Gasteiger partial charge in [0.25, 0.3) is 0 Å². The van der Waals surface area contributed by atoms with Gasteiger partial charge in [-0.05, 0) is 13.3 Å². The lowest BCUT2D eigenvalue weighted by atomic mass is 10.3. The second-order valence-electron chi connectivity index (χ2n) is 2.36. The third kappa shape index (κ3) is 1.89. The Morgan fingerprint density at radius 3 is 2.83 bits per heavy atom. The Morgan fingerprint density at radius 1 is 1.50 bits per heavy atom. The predicted octanol–water partition coefficient (Wildman–Crippen LogP) is 2.70. The SMILES string of the molecule is CCOc1ccnc(CC)c1Cl. The zero-order valence-electron chi connectivity index (χ0n) is 7.30. The van der Waals surface area contributed by atoms with Gasteiger partial charge in [-0.1, -0.05) is 18.5 Å². The maximum absolute atomic E-state index is 6.00. The average molecular weight is 186 g/mol. The van der Waals surface area contributed by atoms with Crippen molar-refractivity contribution >= 4 is 11.6 Å². The Morgan fingerprint density at radius 2 is 2.25 bits per heavy atom. The normalized spacial score (nSPS) is 9.92. The van der Waals surface area contributed by atoms with Crippen LogP contribution in [0.3, 0.4) is 0 Å². The number of rotatable bonds is 3. The van der Waals surface area contributed by atoms with Crippen molar-refractivity contribution in [2.24, 2.45) is 0 Å². The molecular weight excluding hydrogens is 174 g/mol. The predicted molar refractivity (Wildman–Crippen MR) is 49.8 cm³/mol. The summed E-state index contributed by atoms with van der Waals surface area (Å²) >= 11 is 6.00. The van der Waals surface area contributed by atoms with E-state index in [-0.39, 0.29) is 0 Å². The molecule has 0 amide bonds. The van der Waals surface area contributed by atoms with Gasteiger partial charge in [0, 0.05) is 12.3 Å². The Balaban J connectivity index is 2.97. The van der Waals surface area contributed by atoms with E-state index in [0.29, 0.717) is 11.6 Å². The van der Waals surface area contributed by atoms with E-state index in [4.69, 9.17) is 16.3 Å². The van der Waals surface area contributed by atoms with Gasteiger partial charge in [-0.15, -0.1) is 0 Å². The minimum atomic E-state index is 0.632. The van der Waals surface area contributed by atoms with Gasteiger partial charge in [0.2, 0.25) is 0 Å². The number of hydrogen-bond donors (Lipinski definition) is 0. The van der Waals surface area contributed by atoms with Crippen molar-refractivity contribution < 1.29 is 4.74 Å². The zero-order valence-corrected chi connectivity index (χ0v) is 8.06. The van der Waals surface area contributed by atoms with Crippen molar-refractivity contribution in [3.8, 4) is 5.75 Å². The lowest BCUT2D eigenvalue weighted by molar-refractivity contribution is 0.339. The van der Waals surface area contributed by atoms with Gasteiger partial charge in [0.15, 0.2) is 0 Å². The molecule has 0 atom stereocenters. The summed E-state index contributed by atoms with van der Waals surface area (Å²) in [5, 5.41) is 0.641. The smallest absolute Gasteiger partial charge is 0.141 e. The molecule has 12 heavy (non-hydrogen) atoms. The number of ether oxygens (including phenoxy) is 1. The molecule has 2 nitrogen and oxygen atoms in total. The van der Waals surface area contributed by atoms with E-state index in [1.807, 2.05) is 13.8 Å². The molecule has 0 saturated heterocycles. The minimum Gasteiger partial charge on any atom is -0.492 e. The number of aryl methyl sites for hydroxylation is 1. The molecule has 66 valence electrons. The summed E-state index contributed by atoms with van der Waals surface area (Å²) in [5.74, 6) is 0.728. The molecule has 1 heterocycles. The Hall–Kier alpha value is -0.760. The maximum atomic E-state index is 6.00. The molecule has 1 aromatic heterocycles. The molecule has 0 aliphatic carbocycles. The fourth-order valence-corrected chi connectivity index (χ4v) is 1.28. The van der Waals surface area contributed by atoms with Crippen LogP contribution >= 0.6 is 11.6 Å². The van der Waals surface area contributed by atoms with Crippen LogP contribution in [0.2, 0.25) is 5.02 Å². The fraction of sp³-hybridized carbons (Fsp3) is 0.444. The summed E-state index contributed by atoms with van der Waals surface area (Å²) in [6, 6.07) is 1.78. The molecule has 0 spiro atoms. The van der Waals surface area contributed by atoms with Crippen molar-refractivity contribution in [1.29, 1.82) is 0 Å². The lowest BCUT2D eigenvalue weighted by Crippen LogP contribution is -1.96. The molecule has 0 aliphatic heterocycles. The molecule has 0 aliphatic rings. The molecule has 0 unspecified atom stereocenters. The molecule has 1 aromatic rings. The van der Waals surface area contributed by atoms with Crippen LogP contribution in [0.15, 0.2) is 12.3 Å². The van der Waals surface area contributed by atoms with E-state index >= 15 is 0 Å². The topological polar surface area (TPSA) is 22.1 Å². The monoisotopic (exact) mass is 185 g/mol. The second kappa shape index (κ2) is 4.31. The third-order valence-corrected chi connectivity index (χ3v) is 1.97. The highest BCUT2D eigenvalue weighted by Crippen LogP contribution is 2.26. The van der Waals surface area contributed by atoms with Crippen LogP contribution < -0.4 is 4.74 Å². The van der Waals surface area contributed by atoms with Crippen molar-refractivity contribution in [2.75, 3.05) is 6.61 Å². The number of hydrogen-bond acceptors (Lipinski definition) is 2. The first-order valence-corrected chi connectivity index (χ1v) is 4.43. The minimum absolute atomic E-state index is 0.632. The average Bonchev–Trinajstić information content (AvgIpc) is 2.09. The molecule has 0 fully saturated rings. The van der Waals surface area contributed by atoms with Crippen LogP contribution in [-0.4, -0.2) is 11.6 Å². The van der Waals surface area contributed by atoms with Gasteiger partial charge in [0.1, 0.15) is 10.8 Å². The molecule has 0 N–H and O–H groups in total. The summed E-state index contributed by atoms with van der Waals surface area (Å²) in [7, 11) is 0. The lowest BCUT2D eigenvalue weighted by Gasteiger charge is -2.06. The van der Waals surface area contributed by atoms with Crippen LogP contribution in [0.1, 0.15) is 19.5 Å². The Labute approximate surface area is 77.5 Å². The van der Waals surface area contributed by atoms with Crippen molar-refractivity contribution in [1.82, 2.24) is 4.98 Å². The van der Waals surface area contributed by atoms with Gasteiger partial charge in [-0.2, -0.15) is 0 Å². The quantitative estimate of drug-likeness (QED) is 0.723.